The Kier molecular flexibility index (Phi) is 4.74. The molecule has 90 valence electrons. The Bertz CT molecular complexity index is 213. The van der Waals surface area contributed by atoms with Gasteiger partial charge in [-0.25, -0.2) is 0 Å². The van der Waals surface area contributed by atoms with Gasteiger partial charge in [-0.3, -0.25) is 4.79 Å². The summed E-state index contributed by atoms with van der Waals surface area (Å²) in [6.45, 7) is 6.21. The number of carbonyl (C=O) groups excluding carboxylic acids is 1. The van der Waals surface area contributed by atoms with Gasteiger partial charge in [0.2, 0.25) is 0 Å². The third-order valence-electron chi connectivity index (χ3n) is 3.42. The molecule has 1 rings (SSSR count). The quantitative estimate of drug-likeness (QED) is 0.767. The minimum atomic E-state index is 0. The van der Waals surface area contributed by atoms with Crippen molar-refractivity contribution in [3.8, 4) is 0 Å². The van der Waals surface area contributed by atoms with Crippen LogP contribution in [0.25, 0.3) is 0 Å². The molecule has 0 spiro atoms. The number of ketones is 1. The van der Waals surface area contributed by atoms with Crippen molar-refractivity contribution in [1.29, 1.82) is 0 Å². The number of piperidine rings is 1. The highest BCUT2D eigenvalue weighted by molar-refractivity contribution is 5.86. The Morgan fingerprint density at radius 3 is 2.33 bits per heavy atom. The fourth-order valence-corrected chi connectivity index (χ4v) is 2.33. The van der Waals surface area contributed by atoms with Crippen molar-refractivity contribution in [2.24, 2.45) is 11.8 Å². The molecule has 1 atom stereocenters. The second kappa shape index (κ2) is 5.61. The molecule has 0 amide bonds. The topological polar surface area (TPSA) is 32.3 Å². The van der Waals surface area contributed by atoms with E-state index in [1.165, 1.54) is 0 Å². The van der Waals surface area contributed by atoms with Crippen LogP contribution in [-0.2, 0) is 4.79 Å². The molecule has 0 radical (unpaired) electrons. The van der Waals surface area contributed by atoms with Gasteiger partial charge in [-0.1, -0.05) is 13.8 Å². The molecule has 3 heteroatoms. The first-order chi connectivity index (χ1) is 7.06. The van der Waals surface area contributed by atoms with Crippen molar-refractivity contribution >= 4 is 5.78 Å². The normalized spacial score (nSPS) is 21.9. The van der Waals surface area contributed by atoms with Gasteiger partial charge in [0.15, 0.2) is 5.78 Å². The van der Waals surface area contributed by atoms with E-state index in [2.05, 4.69) is 17.3 Å². The van der Waals surface area contributed by atoms with Gasteiger partial charge >= 0.3 is 0 Å². The van der Waals surface area contributed by atoms with E-state index in [0.717, 1.165) is 25.9 Å². The molecule has 0 aromatic rings. The van der Waals surface area contributed by atoms with E-state index in [0.29, 0.717) is 11.7 Å². The maximum atomic E-state index is 12.0. The Morgan fingerprint density at radius 1 is 1.40 bits per heavy atom. The van der Waals surface area contributed by atoms with Crippen molar-refractivity contribution < 1.29 is 6.22 Å². The fourth-order valence-electron chi connectivity index (χ4n) is 2.33. The molecule has 1 heterocycles. The summed E-state index contributed by atoms with van der Waals surface area (Å²) in [6, 6.07) is 0.0682. The van der Waals surface area contributed by atoms with Crippen LogP contribution >= 0.6 is 0 Å². The van der Waals surface area contributed by atoms with Gasteiger partial charge in [0.05, 0.1) is 6.04 Å². The molecule has 1 saturated heterocycles. The highest BCUT2D eigenvalue weighted by Crippen LogP contribution is 2.21. The minimum absolute atomic E-state index is 0. The van der Waals surface area contributed by atoms with Gasteiger partial charge in [0, 0.05) is 7.34 Å². The van der Waals surface area contributed by atoms with Gasteiger partial charge in [-0.2, -0.15) is 0 Å². The third kappa shape index (κ3) is 3.28. The SMILES string of the molecule is CNC(C(=O)C(C)C)C1CCN(C)CC1.[HH]. The first kappa shape index (κ1) is 12.7. The summed E-state index contributed by atoms with van der Waals surface area (Å²) < 4.78 is 0. The van der Waals surface area contributed by atoms with Crippen LogP contribution in [0.15, 0.2) is 0 Å². The standard InChI is InChI=1S/C12H24N2O.H2/c1-9(2)12(15)11(13-3)10-5-7-14(4)8-6-10;/h9-11,13H,5-8H2,1-4H3;1H. The Balaban J connectivity index is 0.00000225. The summed E-state index contributed by atoms with van der Waals surface area (Å²) in [5.41, 5.74) is 0. The van der Waals surface area contributed by atoms with Crippen molar-refractivity contribution in [2.75, 3.05) is 27.2 Å². The monoisotopic (exact) mass is 214 g/mol. The molecule has 1 N–H and O–H groups in total. The molecule has 15 heavy (non-hydrogen) atoms. The van der Waals surface area contributed by atoms with Crippen LogP contribution in [0.2, 0.25) is 0 Å². The Labute approximate surface area is 94.7 Å². The predicted octanol–water partition coefficient (Wildman–Crippen LogP) is 1.39. The molecule has 0 bridgehead atoms. The fraction of sp³-hybridized carbons (Fsp3) is 0.917. The summed E-state index contributed by atoms with van der Waals surface area (Å²) in [4.78, 5) is 14.3. The lowest BCUT2D eigenvalue weighted by molar-refractivity contribution is -0.125. The minimum Gasteiger partial charge on any atom is -0.310 e. The zero-order valence-corrected chi connectivity index (χ0v) is 10.4. The molecule has 0 aliphatic carbocycles. The molecule has 1 aliphatic heterocycles. The molecule has 3 nitrogen and oxygen atoms in total. The van der Waals surface area contributed by atoms with Crippen molar-refractivity contribution in [1.82, 2.24) is 10.2 Å². The number of carbonyl (C=O) groups is 1. The second-order valence-corrected chi connectivity index (χ2v) is 4.96. The number of likely N-dealkylation sites (tertiary alicyclic amines) is 1. The van der Waals surface area contributed by atoms with E-state index in [-0.39, 0.29) is 13.4 Å². The largest absolute Gasteiger partial charge is 0.310 e. The van der Waals surface area contributed by atoms with E-state index in [1.54, 1.807) is 0 Å². The van der Waals surface area contributed by atoms with Gasteiger partial charge in [-0.15, -0.1) is 0 Å². The number of nitrogens with zero attached hydrogens (tertiary/aromatic N) is 1. The summed E-state index contributed by atoms with van der Waals surface area (Å²) >= 11 is 0. The average Bonchev–Trinajstić information content (AvgIpc) is 2.21. The van der Waals surface area contributed by atoms with E-state index in [4.69, 9.17) is 0 Å². The molecular formula is C12H26N2O. The highest BCUT2D eigenvalue weighted by atomic mass is 16.1. The van der Waals surface area contributed by atoms with Gasteiger partial charge in [0.25, 0.3) is 0 Å². The number of nitrogens with one attached hydrogen (secondary N) is 1. The van der Waals surface area contributed by atoms with E-state index in [1.807, 2.05) is 20.9 Å². The van der Waals surface area contributed by atoms with Gasteiger partial charge in [0.1, 0.15) is 0 Å². The first-order valence-electron chi connectivity index (χ1n) is 5.95. The zero-order chi connectivity index (χ0) is 11.4. The molecule has 0 aromatic heterocycles. The lowest BCUT2D eigenvalue weighted by Crippen LogP contribution is -2.47. The summed E-state index contributed by atoms with van der Waals surface area (Å²) in [5, 5.41) is 3.20. The van der Waals surface area contributed by atoms with Gasteiger partial charge in [-0.05, 0) is 45.9 Å². The smallest absolute Gasteiger partial charge is 0.152 e. The van der Waals surface area contributed by atoms with Crippen molar-refractivity contribution in [2.45, 2.75) is 32.7 Å². The van der Waals surface area contributed by atoms with Crippen LogP contribution in [0, 0.1) is 11.8 Å². The van der Waals surface area contributed by atoms with Crippen LogP contribution in [-0.4, -0.2) is 43.9 Å². The number of rotatable bonds is 4. The van der Waals surface area contributed by atoms with Gasteiger partial charge < -0.3 is 10.2 Å². The maximum absolute atomic E-state index is 12.0. The predicted molar refractivity (Wildman–Crippen MR) is 65.0 cm³/mol. The lowest BCUT2D eigenvalue weighted by atomic mass is 9.84. The number of likely N-dealkylation sites (N-methyl/N-ethyl adjacent to an activating group) is 1. The van der Waals surface area contributed by atoms with E-state index in [9.17, 15) is 4.79 Å². The first-order valence-corrected chi connectivity index (χ1v) is 5.95. The zero-order valence-electron chi connectivity index (χ0n) is 10.4. The second-order valence-electron chi connectivity index (χ2n) is 4.96. The van der Waals surface area contributed by atoms with Crippen molar-refractivity contribution in [3.63, 3.8) is 0 Å². The summed E-state index contributed by atoms with van der Waals surface area (Å²) in [7, 11) is 4.05. The molecule has 0 saturated carbocycles. The highest BCUT2D eigenvalue weighted by Gasteiger charge is 2.30. The van der Waals surface area contributed by atoms with Crippen LogP contribution < -0.4 is 5.32 Å². The third-order valence-corrected chi connectivity index (χ3v) is 3.42. The molecular weight excluding hydrogens is 188 g/mol. The van der Waals surface area contributed by atoms with Crippen LogP contribution in [0.4, 0.5) is 0 Å². The van der Waals surface area contributed by atoms with Crippen LogP contribution in [0.1, 0.15) is 28.1 Å². The summed E-state index contributed by atoms with van der Waals surface area (Å²) in [5.74, 6) is 1.04. The van der Waals surface area contributed by atoms with Crippen LogP contribution in [0.5, 0.6) is 0 Å². The number of hydrogen-bond acceptors (Lipinski definition) is 3. The molecule has 1 fully saturated rings. The van der Waals surface area contributed by atoms with E-state index >= 15 is 0 Å². The average molecular weight is 214 g/mol. The molecule has 1 aliphatic rings. The summed E-state index contributed by atoms with van der Waals surface area (Å²) in [6.07, 6.45) is 2.28. The van der Waals surface area contributed by atoms with Crippen molar-refractivity contribution in [3.05, 3.63) is 0 Å². The van der Waals surface area contributed by atoms with Crippen LogP contribution in [0.3, 0.4) is 0 Å². The van der Waals surface area contributed by atoms with E-state index < -0.39 is 0 Å². The molecule has 0 aromatic carbocycles. The maximum Gasteiger partial charge on any atom is 0.152 e. The Morgan fingerprint density at radius 2 is 1.93 bits per heavy atom. The number of hydrogen-bond donors (Lipinski definition) is 1. The Hall–Kier alpha value is -0.410. The lowest BCUT2D eigenvalue weighted by Gasteiger charge is -2.34. The number of Topliss-reactive ketones (excluding diaryl/α,β-unsaturated/α-hetero) is 1. The molecule has 1 unspecified atom stereocenters.